The van der Waals surface area contributed by atoms with E-state index in [0.29, 0.717) is 50.0 Å². The summed E-state index contributed by atoms with van der Waals surface area (Å²) in [5.74, 6) is -1.50. The van der Waals surface area contributed by atoms with E-state index in [2.05, 4.69) is 26.2 Å². The first kappa shape index (κ1) is 82.7. The van der Waals surface area contributed by atoms with Gasteiger partial charge in [-0.2, -0.15) is 26.3 Å². The van der Waals surface area contributed by atoms with Gasteiger partial charge in [-0.05, 0) is 196 Å². The summed E-state index contributed by atoms with van der Waals surface area (Å²) in [4.78, 5) is 50.9. The monoisotopic (exact) mass is 1440 g/mol. The molecule has 6 aromatic carbocycles. The normalized spacial score (nSPS) is 12.6. The van der Waals surface area contributed by atoms with Gasteiger partial charge in [-0.3, -0.25) is 0 Å². The van der Waals surface area contributed by atoms with Crippen molar-refractivity contribution in [1.29, 1.82) is 0 Å². The average Bonchev–Trinajstić information content (AvgIpc) is 0.863. The molecule has 101 heavy (non-hydrogen) atoms. The van der Waals surface area contributed by atoms with E-state index in [1.807, 2.05) is 86.6 Å². The Bertz CT molecular complexity index is 3120. The van der Waals surface area contributed by atoms with E-state index in [1.54, 1.807) is 24.3 Å². The molecule has 0 aliphatic carbocycles. The highest BCUT2D eigenvalue weighted by atomic mass is 28.4. The molecule has 0 radical (unpaired) electrons. The van der Waals surface area contributed by atoms with Crippen LogP contribution in [0.4, 0.5) is 26.3 Å². The second kappa shape index (κ2) is 43.7. The van der Waals surface area contributed by atoms with Crippen molar-refractivity contribution in [1.82, 2.24) is 0 Å². The van der Waals surface area contributed by atoms with Gasteiger partial charge in [-0.1, -0.05) is 204 Å². The fourth-order valence-corrected chi connectivity index (χ4v) is 21.2. The first-order chi connectivity index (χ1) is 48.4. The van der Waals surface area contributed by atoms with Crippen LogP contribution in [0.25, 0.3) is 22.3 Å². The molecule has 0 amide bonds. The lowest BCUT2D eigenvalue weighted by Gasteiger charge is -2.34. The largest absolute Gasteiger partial charge is 0.494 e. The molecule has 6 aromatic rings. The Kier molecular flexibility index (Phi) is 35.8. The van der Waals surface area contributed by atoms with Crippen molar-refractivity contribution in [2.75, 3.05) is 13.2 Å². The van der Waals surface area contributed by atoms with Crippen LogP contribution in [0.15, 0.2) is 146 Å². The molecule has 2 unspecified atom stereocenters. The lowest BCUT2D eigenvalue weighted by atomic mass is 10.0. The highest BCUT2D eigenvalue weighted by molar-refractivity contribution is 6.84. The highest BCUT2D eigenvalue weighted by Gasteiger charge is 2.43. The number of ether oxygens (including phenoxy) is 6. The molecule has 0 aliphatic rings. The molecule has 552 valence electrons. The van der Waals surface area contributed by atoms with Crippen LogP contribution in [0.1, 0.15) is 235 Å². The van der Waals surface area contributed by atoms with E-state index >= 15 is 0 Å². The molecule has 0 bridgehead atoms. The molecule has 11 nitrogen and oxygen atoms in total. The van der Waals surface area contributed by atoms with Crippen LogP contribution in [0.3, 0.4) is 0 Å². The fourth-order valence-electron chi connectivity index (χ4n) is 12.2. The van der Waals surface area contributed by atoms with Gasteiger partial charge in [0.05, 0.1) is 35.5 Å². The number of alkyl halides is 6. The number of benzene rings is 6. The molecule has 6 rings (SSSR count). The Morgan fingerprint density at radius 3 is 0.861 bits per heavy atom. The van der Waals surface area contributed by atoms with E-state index < -0.39 is 65.1 Å². The van der Waals surface area contributed by atoms with Crippen LogP contribution in [-0.2, 0) is 13.6 Å². The van der Waals surface area contributed by atoms with Gasteiger partial charge in [0.2, 0.25) is 0 Å². The van der Waals surface area contributed by atoms with Crippen LogP contribution in [0.5, 0.6) is 23.0 Å². The maximum absolute atomic E-state index is 13.5. The number of unbranched alkanes of at least 4 members (excludes halogenated alkanes) is 22. The molecule has 0 spiro atoms. The standard InChI is InChI=1S/C82H108F6O11Si2/c1-7-9-11-27-33-75(81(83,84)85)97-79(91)69-47-55-73(56-48-69)95-77(89)67-39-35-63(36-40-67)65-43-51-71(52-44-65)93-59-29-23-19-15-13-17-21-25-31-61-100(3,4)99-101(5,6)62-32-26-22-18-14-16-20-24-30-60-94-72-53-45-66(46-54-72)64-37-41-68(42-38-64)78(90)96-74-57-49-70(50-58-74)80(92)98-76(82(86,87)88)34-28-12-10-8-2/h35-58,75-76H,7-34,59-62H2,1-6H3. The van der Waals surface area contributed by atoms with Crippen molar-refractivity contribution in [3.63, 3.8) is 0 Å². The SMILES string of the molecule is CCCCCCC(OC(=O)c1ccc(OC(=O)c2ccc(-c3ccc(OCCCCCCCCCCC[Si](C)(C)O[Si](C)(C)CCCCCCCCCCCOc4ccc(-c5ccc(C(=O)Oc6ccc(C(=O)OC(CCCCCC)C(F)(F)F)cc6)cc5)cc4)cc3)cc2)cc1)C(F)(F)F. The second-order valence-electron chi connectivity index (χ2n) is 27.8. The van der Waals surface area contributed by atoms with Crippen LogP contribution in [0.2, 0.25) is 38.3 Å². The maximum atomic E-state index is 13.5. The lowest BCUT2D eigenvalue weighted by Crippen LogP contribution is -2.44. The minimum absolute atomic E-state index is 0.0703. The maximum Gasteiger partial charge on any atom is 0.425 e. The van der Waals surface area contributed by atoms with Gasteiger partial charge in [0.1, 0.15) is 23.0 Å². The van der Waals surface area contributed by atoms with Gasteiger partial charge < -0.3 is 32.5 Å². The first-order valence-electron chi connectivity index (χ1n) is 37.0. The molecule has 19 heteroatoms. The molecule has 2 atom stereocenters. The quantitative estimate of drug-likeness (QED) is 0.0119. The molecule has 0 saturated heterocycles. The summed E-state index contributed by atoms with van der Waals surface area (Å²) >= 11 is 0. The Morgan fingerprint density at radius 1 is 0.317 bits per heavy atom. The number of rotatable bonds is 48. The summed E-state index contributed by atoms with van der Waals surface area (Å²) in [5.41, 5.74) is 4.24. The lowest BCUT2D eigenvalue weighted by molar-refractivity contribution is -0.206. The molecule has 0 saturated carbocycles. The smallest absolute Gasteiger partial charge is 0.425 e. The Balaban J connectivity index is 0.715. The second-order valence-corrected chi connectivity index (χ2v) is 36.6. The Morgan fingerprint density at radius 2 is 0.564 bits per heavy atom. The first-order valence-corrected chi connectivity index (χ1v) is 43.2. The number of hydrogen-bond donors (Lipinski definition) is 0. The third-order valence-electron chi connectivity index (χ3n) is 18.0. The summed E-state index contributed by atoms with van der Waals surface area (Å²) in [6.07, 6.45) is 13.0. The molecule has 0 fully saturated rings. The number of halogens is 6. The Labute approximate surface area is 598 Å². The van der Waals surface area contributed by atoms with Crippen molar-refractivity contribution < 1.29 is 78.1 Å². The van der Waals surface area contributed by atoms with Crippen LogP contribution in [0, 0.1) is 0 Å². The third kappa shape index (κ3) is 31.9. The molecule has 0 heterocycles. The zero-order valence-electron chi connectivity index (χ0n) is 60.4. The number of hydrogen-bond acceptors (Lipinski definition) is 11. The van der Waals surface area contributed by atoms with E-state index in [-0.39, 0.29) is 35.5 Å². The van der Waals surface area contributed by atoms with E-state index in [9.17, 15) is 45.5 Å². The number of esters is 4. The van der Waals surface area contributed by atoms with Gasteiger partial charge in [0, 0.05) is 0 Å². The van der Waals surface area contributed by atoms with E-state index in [0.717, 1.165) is 85.1 Å². The molecule has 0 N–H and O–H groups in total. The molecule has 0 aromatic heterocycles. The number of carbonyl (C=O) groups is 4. The van der Waals surface area contributed by atoms with Crippen molar-refractivity contribution in [2.24, 2.45) is 0 Å². The van der Waals surface area contributed by atoms with Gasteiger partial charge in [-0.15, -0.1) is 0 Å². The van der Waals surface area contributed by atoms with Gasteiger partial charge >= 0.3 is 36.2 Å². The zero-order chi connectivity index (χ0) is 72.9. The molecular weight excluding hydrogens is 1330 g/mol. The topological polar surface area (TPSA) is 133 Å². The predicted octanol–water partition coefficient (Wildman–Crippen LogP) is 24.5. The third-order valence-corrected chi connectivity index (χ3v) is 25.6. The van der Waals surface area contributed by atoms with E-state index in [1.165, 1.54) is 151 Å². The van der Waals surface area contributed by atoms with Crippen molar-refractivity contribution >= 4 is 40.5 Å². The van der Waals surface area contributed by atoms with Gasteiger partial charge in [-0.25, -0.2) is 19.2 Å². The van der Waals surface area contributed by atoms with Gasteiger partial charge in [0.15, 0.2) is 28.8 Å². The Hall–Kier alpha value is -7.23. The summed E-state index contributed by atoms with van der Waals surface area (Å²) in [5, 5.41) is 0. The predicted molar refractivity (Wildman–Crippen MR) is 394 cm³/mol. The fraction of sp³-hybridized carbons (Fsp3) is 0.512. The van der Waals surface area contributed by atoms with Crippen LogP contribution < -0.4 is 18.9 Å². The van der Waals surface area contributed by atoms with Crippen LogP contribution in [-0.4, -0.2) is 78.3 Å². The highest BCUT2D eigenvalue weighted by Crippen LogP contribution is 2.33. The minimum atomic E-state index is -4.66. The summed E-state index contributed by atoms with van der Waals surface area (Å²) in [6, 6.07) is 42.7. The zero-order valence-corrected chi connectivity index (χ0v) is 62.4. The van der Waals surface area contributed by atoms with Crippen molar-refractivity contribution in [3.05, 3.63) is 168 Å². The number of carbonyl (C=O) groups excluding carboxylic acids is 4. The van der Waals surface area contributed by atoms with Crippen molar-refractivity contribution in [3.8, 4) is 45.3 Å². The summed E-state index contributed by atoms with van der Waals surface area (Å²) in [7, 11) is -3.40. The average molecular weight is 1440 g/mol. The van der Waals surface area contributed by atoms with E-state index in [4.69, 9.17) is 32.5 Å². The van der Waals surface area contributed by atoms with Gasteiger partial charge in [0.25, 0.3) is 0 Å². The van der Waals surface area contributed by atoms with Crippen molar-refractivity contribution in [2.45, 2.75) is 256 Å². The van der Waals surface area contributed by atoms with Crippen LogP contribution >= 0.6 is 0 Å². The summed E-state index contributed by atoms with van der Waals surface area (Å²) < 4.78 is 121. The summed E-state index contributed by atoms with van der Waals surface area (Å²) in [6.45, 7) is 14.9. The molecular formula is C82H108F6O11Si2. The minimum Gasteiger partial charge on any atom is -0.494 e. The molecule has 0 aliphatic heterocycles.